The van der Waals surface area contributed by atoms with Crippen LogP contribution in [0.3, 0.4) is 0 Å². The number of non-ortho nitro benzene ring substituents is 2. The molecule has 0 fully saturated rings. The monoisotopic (exact) mass is 403 g/mol. The van der Waals surface area contributed by atoms with E-state index in [9.17, 15) is 20.2 Å². The summed E-state index contributed by atoms with van der Waals surface area (Å²) in [7, 11) is 0. The molecule has 10 heteroatoms. The van der Waals surface area contributed by atoms with Gasteiger partial charge in [-0.1, -0.05) is 11.6 Å². The van der Waals surface area contributed by atoms with Crippen molar-refractivity contribution in [2.24, 2.45) is 0 Å². The van der Waals surface area contributed by atoms with Gasteiger partial charge in [0, 0.05) is 46.4 Å². The molecule has 0 aliphatic rings. The lowest BCUT2D eigenvalue weighted by Crippen LogP contribution is -1.88. The maximum atomic E-state index is 10.1. The second kappa shape index (κ2) is 11.0. The van der Waals surface area contributed by atoms with E-state index in [2.05, 4.69) is 0 Å². The van der Waals surface area contributed by atoms with Crippen molar-refractivity contribution in [3.8, 4) is 0 Å². The van der Waals surface area contributed by atoms with E-state index in [-0.39, 0.29) is 11.4 Å². The minimum atomic E-state index is -0.462. The Labute approximate surface area is 165 Å². The molecule has 0 aliphatic heterocycles. The van der Waals surface area contributed by atoms with Gasteiger partial charge in [-0.15, -0.1) is 0 Å². The second-order valence-electron chi connectivity index (χ2n) is 5.25. The minimum Gasteiger partial charge on any atom is -0.399 e. The Balaban J connectivity index is 0.000000212. The van der Waals surface area contributed by atoms with Crippen molar-refractivity contribution in [3.05, 3.63) is 98.0 Å². The van der Waals surface area contributed by atoms with Crippen LogP contribution in [0.15, 0.2) is 72.8 Å². The van der Waals surface area contributed by atoms with E-state index >= 15 is 0 Å². The third-order valence-electron chi connectivity index (χ3n) is 3.08. The number of benzene rings is 3. The van der Waals surface area contributed by atoms with Gasteiger partial charge in [-0.3, -0.25) is 20.2 Å². The van der Waals surface area contributed by atoms with E-state index in [1.54, 1.807) is 24.3 Å². The molecule has 0 radical (unpaired) electrons. The predicted octanol–water partition coefficient (Wildman–Crippen LogP) is 4.28. The molecule has 0 aliphatic carbocycles. The molecule has 0 spiro atoms. The van der Waals surface area contributed by atoms with Gasteiger partial charge in [-0.05, 0) is 48.5 Å². The third-order valence-corrected chi connectivity index (χ3v) is 3.33. The van der Waals surface area contributed by atoms with Crippen molar-refractivity contribution in [1.29, 1.82) is 0 Å². The highest BCUT2D eigenvalue weighted by atomic mass is 35.5. The number of hydrogen-bond acceptors (Lipinski definition) is 7. The van der Waals surface area contributed by atoms with Crippen LogP contribution in [0, 0.1) is 20.2 Å². The van der Waals surface area contributed by atoms with Gasteiger partial charge in [0.2, 0.25) is 0 Å². The van der Waals surface area contributed by atoms with Gasteiger partial charge in [0.05, 0.1) is 9.85 Å². The van der Waals surface area contributed by atoms with Gasteiger partial charge < -0.3 is 17.2 Å². The number of hydrogen-bond donors (Lipinski definition) is 3. The lowest BCUT2D eigenvalue weighted by Gasteiger charge is -1.90. The molecular weight excluding hydrogens is 386 g/mol. The van der Waals surface area contributed by atoms with E-state index in [0.29, 0.717) is 10.7 Å². The smallest absolute Gasteiger partial charge is 0.269 e. The Morgan fingerprint density at radius 2 is 0.821 bits per heavy atom. The Bertz CT molecular complexity index is 824. The molecule has 0 atom stereocenters. The number of nitrogen functional groups attached to an aromatic ring is 3. The van der Waals surface area contributed by atoms with E-state index in [0.717, 1.165) is 11.4 Å². The van der Waals surface area contributed by atoms with Gasteiger partial charge in [0.25, 0.3) is 11.4 Å². The van der Waals surface area contributed by atoms with Gasteiger partial charge >= 0.3 is 0 Å². The number of halogens is 1. The van der Waals surface area contributed by atoms with Gasteiger partial charge in [-0.2, -0.15) is 0 Å². The zero-order chi connectivity index (χ0) is 21.1. The molecule has 3 aromatic rings. The highest BCUT2D eigenvalue weighted by Gasteiger charge is 2.02. The standard InChI is InChI=1S/C6H4ClNO2.C6H6N2O2.C6H8N2/c2*7-5-1-3-6(4-2-5)8(9)10;7-5-1-2-6(8)4-3-5/h1-4H;1-4H,7H2;1-4H,7-8H2. The summed E-state index contributed by atoms with van der Waals surface area (Å²) >= 11 is 5.49. The molecule has 146 valence electrons. The lowest BCUT2D eigenvalue weighted by atomic mass is 10.3. The van der Waals surface area contributed by atoms with Crippen molar-refractivity contribution in [2.45, 2.75) is 0 Å². The Kier molecular flexibility index (Phi) is 8.71. The summed E-state index contributed by atoms with van der Waals surface area (Å²) in [5, 5.41) is 20.7. The van der Waals surface area contributed by atoms with Crippen LogP contribution in [-0.4, -0.2) is 9.85 Å². The first kappa shape index (κ1) is 22.2. The normalized spacial score (nSPS) is 9.18. The topological polar surface area (TPSA) is 164 Å². The summed E-state index contributed by atoms with van der Waals surface area (Å²) in [4.78, 5) is 19.2. The summed E-state index contributed by atoms with van der Waals surface area (Å²) in [6.45, 7) is 0. The van der Waals surface area contributed by atoms with E-state index in [1.807, 2.05) is 0 Å². The molecule has 9 nitrogen and oxygen atoms in total. The fourth-order valence-electron chi connectivity index (χ4n) is 1.65. The summed E-state index contributed by atoms with van der Waals surface area (Å²) < 4.78 is 0. The largest absolute Gasteiger partial charge is 0.399 e. The highest BCUT2D eigenvalue weighted by molar-refractivity contribution is 6.30. The molecule has 0 bridgehead atoms. The molecule has 0 heterocycles. The maximum absolute atomic E-state index is 10.1. The second-order valence-corrected chi connectivity index (χ2v) is 5.69. The van der Waals surface area contributed by atoms with Crippen LogP contribution in [0.25, 0.3) is 0 Å². The fraction of sp³-hybridized carbons (Fsp3) is 0. The molecule has 0 unspecified atom stereocenters. The van der Waals surface area contributed by atoms with Crippen LogP contribution in [0.2, 0.25) is 5.02 Å². The van der Waals surface area contributed by atoms with Crippen molar-refractivity contribution in [2.75, 3.05) is 17.2 Å². The lowest BCUT2D eigenvalue weighted by molar-refractivity contribution is -0.385. The molecule has 0 amide bonds. The number of rotatable bonds is 2. The summed E-state index contributed by atoms with van der Waals surface area (Å²) in [5.41, 5.74) is 18.2. The number of nitro groups is 2. The zero-order valence-corrected chi connectivity index (χ0v) is 15.3. The van der Waals surface area contributed by atoms with Crippen LogP contribution >= 0.6 is 11.6 Å². The van der Waals surface area contributed by atoms with Gasteiger partial charge in [0.15, 0.2) is 0 Å². The molecule has 3 rings (SSSR count). The molecule has 0 saturated carbocycles. The van der Waals surface area contributed by atoms with Crippen LogP contribution < -0.4 is 17.2 Å². The van der Waals surface area contributed by atoms with Crippen LogP contribution in [-0.2, 0) is 0 Å². The van der Waals surface area contributed by atoms with Crippen molar-refractivity contribution < 1.29 is 9.85 Å². The van der Waals surface area contributed by atoms with Crippen molar-refractivity contribution >= 4 is 40.0 Å². The molecule has 3 aromatic carbocycles. The van der Waals surface area contributed by atoms with Crippen molar-refractivity contribution in [3.63, 3.8) is 0 Å². The molecule has 6 N–H and O–H groups in total. The van der Waals surface area contributed by atoms with Crippen LogP contribution in [0.5, 0.6) is 0 Å². The van der Waals surface area contributed by atoms with Gasteiger partial charge in [0.1, 0.15) is 0 Å². The highest BCUT2D eigenvalue weighted by Crippen LogP contribution is 2.14. The van der Waals surface area contributed by atoms with Gasteiger partial charge in [-0.25, -0.2) is 0 Å². The number of nitrogens with zero attached hydrogens (tertiary/aromatic N) is 2. The minimum absolute atomic E-state index is 0.0596. The number of nitrogens with two attached hydrogens (primary N) is 3. The quantitative estimate of drug-likeness (QED) is 0.326. The SMILES string of the molecule is Nc1ccc(N)cc1.Nc1ccc([N+](=O)[O-])cc1.O=[N+]([O-])c1ccc(Cl)cc1. The Morgan fingerprint density at radius 1 is 0.571 bits per heavy atom. The molecular formula is C18H18ClN5O4. The number of nitro benzene ring substituents is 2. The summed E-state index contributed by atoms with van der Waals surface area (Å²) in [6.07, 6.45) is 0. The average Bonchev–Trinajstić information content (AvgIpc) is 2.66. The van der Waals surface area contributed by atoms with Crippen LogP contribution in [0.4, 0.5) is 28.4 Å². The first-order chi connectivity index (χ1) is 13.2. The van der Waals surface area contributed by atoms with E-state index in [1.165, 1.54) is 48.5 Å². The van der Waals surface area contributed by atoms with Crippen molar-refractivity contribution in [1.82, 2.24) is 0 Å². The Morgan fingerprint density at radius 3 is 1.11 bits per heavy atom. The third kappa shape index (κ3) is 8.50. The average molecular weight is 404 g/mol. The molecule has 28 heavy (non-hydrogen) atoms. The van der Waals surface area contributed by atoms with E-state index < -0.39 is 9.85 Å². The summed E-state index contributed by atoms with van der Waals surface area (Å²) in [5.74, 6) is 0. The van der Waals surface area contributed by atoms with Crippen LogP contribution in [0.1, 0.15) is 0 Å². The first-order valence-corrected chi connectivity index (χ1v) is 8.07. The first-order valence-electron chi connectivity index (χ1n) is 7.70. The maximum Gasteiger partial charge on any atom is 0.269 e. The van der Waals surface area contributed by atoms with E-state index in [4.69, 9.17) is 28.8 Å². The zero-order valence-electron chi connectivity index (χ0n) is 14.6. The molecule has 0 saturated heterocycles. The molecule has 0 aromatic heterocycles. The fourth-order valence-corrected chi connectivity index (χ4v) is 1.78. The number of anilines is 3. The predicted molar refractivity (Wildman–Crippen MR) is 111 cm³/mol. The summed E-state index contributed by atoms with van der Waals surface area (Å²) in [6, 6.07) is 18.5. The Hall–Kier alpha value is -3.85.